The zero-order valence-corrected chi connectivity index (χ0v) is 10.9. The van der Waals surface area contributed by atoms with Crippen LogP contribution >= 0.6 is 0 Å². The van der Waals surface area contributed by atoms with Crippen LogP contribution in [-0.2, 0) is 16.0 Å². The Balaban J connectivity index is 1.80. The number of ketones is 1. The summed E-state index contributed by atoms with van der Waals surface area (Å²) in [4.78, 5) is 11.0. The molecule has 1 saturated heterocycles. The monoisotopic (exact) mass is 248 g/mol. The van der Waals surface area contributed by atoms with Gasteiger partial charge in [-0.2, -0.15) is 0 Å². The Morgan fingerprint density at radius 2 is 1.94 bits per heavy atom. The summed E-state index contributed by atoms with van der Waals surface area (Å²) in [6.45, 7) is 4.07. The van der Waals surface area contributed by atoms with Crippen molar-refractivity contribution in [1.82, 2.24) is 0 Å². The van der Waals surface area contributed by atoms with Gasteiger partial charge in [0.05, 0.1) is 6.61 Å². The van der Waals surface area contributed by atoms with Gasteiger partial charge in [0.1, 0.15) is 11.5 Å². The molecule has 0 atom stereocenters. The molecule has 18 heavy (non-hydrogen) atoms. The summed E-state index contributed by atoms with van der Waals surface area (Å²) in [5.41, 5.74) is 1.04. The van der Waals surface area contributed by atoms with Crippen molar-refractivity contribution >= 4 is 5.78 Å². The first kappa shape index (κ1) is 13.1. The number of hydrogen-bond acceptors (Lipinski definition) is 3. The summed E-state index contributed by atoms with van der Waals surface area (Å²) >= 11 is 0. The smallest absolute Gasteiger partial charge is 0.134 e. The number of rotatable bonds is 5. The van der Waals surface area contributed by atoms with Gasteiger partial charge >= 0.3 is 0 Å². The van der Waals surface area contributed by atoms with E-state index in [1.165, 1.54) is 0 Å². The van der Waals surface area contributed by atoms with Crippen molar-refractivity contribution in [2.75, 3.05) is 19.8 Å². The summed E-state index contributed by atoms with van der Waals surface area (Å²) < 4.78 is 11.1. The average molecular weight is 248 g/mol. The minimum absolute atomic E-state index is 0.186. The van der Waals surface area contributed by atoms with Gasteiger partial charge < -0.3 is 9.47 Å². The molecule has 1 aliphatic heterocycles. The van der Waals surface area contributed by atoms with Crippen LogP contribution in [0.25, 0.3) is 0 Å². The minimum Gasteiger partial charge on any atom is -0.493 e. The van der Waals surface area contributed by atoms with Gasteiger partial charge in [0, 0.05) is 19.6 Å². The second kappa shape index (κ2) is 6.55. The number of benzene rings is 1. The van der Waals surface area contributed by atoms with Crippen molar-refractivity contribution in [1.29, 1.82) is 0 Å². The van der Waals surface area contributed by atoms with E-state index < -0.39 is 0 Å². The van der Waals surface area contributed by atoms with Crippen LogP contribution in [0.3, 0.4) is 0 Å². The van der Waals surface area contributed by atoms with Crippen LogP contribution in [0, 0.1) is 5.92 Å². The van der Waals surface area contributed by atoms with Crippen molar-refractivity contribution in [3.8, 4) is 5.75 Å². The highest BCUT2D eigenvalue weighted by molar-refractivity contribution is 5.78. The number of ether oxygens (including phenoxy) is 2. The van der Waals surface area contributed by atoms with E-state index in [4.69, 9.17) is 9.47 Å². The minimum atomic E-state index is 0.186. The fraction of sp³-hybridized carbons (Fsp3) is 0.533. The largest absolute Gasteiger partial charge is 0.493 e. The maximum atomic E-state index is 11.0. The molecule has 3 nitrogen and oxygen atoms in total. The molecular formula is C15H20O3. The van der Waals surface area contributed by atoms with Gasteiger partial charge in [-0.25, -0.2) is 0 Å². The Labute approximate surface area is 108 Å². The predicted octanol–water partition coefficient (Wildman–Crippen LogP) is 2.62. The molecule has 0 spiro atoms. The van der Waals surface area contributed by atoms with E-state index in [1.54, 1.807) is 6.92 Å². The molecule has 0 aliphatic carbocycles. The highest BCUT2D eigenvalue weighted by atomic mass is 16.5. The second-order valence-corrected chi connectivity index (χ2v) is 4.89. The maximum Gasteiger partial charge on any atom is 0.134 e. The van der Waals surface area contributed by atoms with Crippen LogP contribution in [0.5, 0.6) is 5.75 Å². The Hall–Kier alpha value is -1.35. The molecule has 1 aromatic rings. The van der Waals surface area contributed by atoms with E-state index in [1.807, 2.05) is 24.3 Å². The third kappa shape index (κ3) is 4.15. The molecule has 0 saturated carbocycles. The standard InChI is InChI=1S/C15H20O3/c1-12(16)10-13-2-4-15(5-3-13)18-11-14-6-8-17-9-7-14/h2-5,14H,6-11H2,1H3. The molecule has 0 bridgehead atoms. The quantitative estimate of drug-likeness (QED) is 0.803. The van der Waals surface area contributed by atoms with Crippen molar-refractivity contribution in [2.45, 2.75) is 26.2 Å². The molecule has 1 heterocycles. The van der Waals surface area contributed by atoms with Crippen molar-refractivity contribution in [3.63, 3.8) is 0 Å². The van der Waals surface area contributed by atoms with E-state index in [-0.39, 0.29) is 5.78 Å². The Morgan fingerprint density at radius 3 is 2.56 bits per heavy atom. The molecule has 3 heteroatoms. The lowest BCUT2D eigenvalue weighted by Crippen LogP contribution is -2.21. The van der Waals surface area contributed by atoms with E-state index in [2.05, 4.69) is 0 Å². The van der Waals surface area contributed by atoms with Gasteiger partial charge in [0.2, 0.25) is 0 Å². The van der Waals surface area contributed by atoms with Gasteiger partial charge in [-0.05, 0) is 43.4 Å². The fourth-order valence-electron chi connectivity index (χ4n) is 2.12. The third-order valence-electron chi connectivity index (χ3n) is 3.20. The fourth-order valence-corrected chi connectivity index (χ4v) is 2.12. The van der Waals surface area contributed by atoms with E-state index in [0.717, 1.165) is 44.0 Å². The molecule has 1 fully saturated rings. The maximum absolute atomic E-state index is 11.0. The topological polar surface area (TPSA) is 35.5 Å². The summed E-state index contributed by atoms with van der Waals surface area (Å²) in [6, 6.07) is 7.80. The number of carbonyl (C=O) groups is 1. The molecule has 1 aromatic carbocycles. The van der Waals surface area contributed by atoms with Gasteiger partial charge in [-0.1, -0.05) is 12.1 Å². The molecule has 2 rings (SSSR count). The molecule has 0 radical (unpaired) electrons. The normalized spacial score (nSPS) is 16.5. The average Bonchev–Trinajstić information content (AvgIpc) is 2.38. The van der Waals surface area contributed by atoms with Crippen molar-refractivity contribution in [2.24, 2.45) is 5.92 Å². The molecule has 98 valence electrons. The SMILES string of the molecule is CC(=O)Cc1ccc(OCC2CCOCC2)cc1. The molecule has 0 amide bonds. The molecule has 1 aliphatic rings. The zero-order valence-electron chi connectivity index (χ0n) is 10.9. The number of hydrogen-bond donors (Lipinski definition) is 0. The Bertz CT molecular complexity index is 377. The molecule has 0 unspecified atom stereocenters. The summed E-state index contributed by atoms with van der Waals surface area (Å²) in [5.74, 6) is 1.68. The first-order valence-electron chi connectivity index (χ1n) is 6.53. The van der Waals surface area contributed by atoms with Crippen LogP contribution in [0.1, 0.15) is 25.3 Å². The Morgan fingerprint density at radius 1 is 1.28 bits per heavy atom. The van der Waals surface area contributed by atoms with Crippen LogP contribution in [-0.4, -0.2) is 25.6 Å². The highest BCUT2D eigenvalue weighted by Gasteiger charge is 2.14. The van der Waals surface area contributed by atoms with Gasteiger partial charge in [0.15, 0.2) is 0 Å². The first-order valence-corrected chi connectivity index (χ1v) is 6.53. The summed E-state index contributed by atoms with van der Waals surface area (Å²) in [5, 5.41) is 0. The Kier molecular flexibility index (Phi) is 4.76. The highest BCUT2D eigenvalue weighted by Crippen LogP contribution is 2.18. The second-order valence-electron chi connectivity index (χ2n) is 4.89. The number of Topliss-reactive ketones (excluding diaryl/α,β-unsaturated/α-hetero) is 1. The molecule has 0 N–H and O–H groups in total. The lowest BCUT2D eigenvalue weighted by molar-refractivity contribution is -0.116. The lowest BCUT2D eigenvalue weighted by Gasteiger charge is -2.22. The van der Waals surface area contributed by atoms with Crippen LogP contribution in [0.15, 0.2) is 24.3 Å². The molecular weight excluding hydrogens is 228 g/mol. The predicted molar refractivity (Wildman–Crippen MR) is 69.9 cm³/mol. The van der Waals surface area contributed by atoms with Crippen LogP contribution < -0.4 is 4.74 Å². The number of carbonyl (C=O) groups excluding carboxylic acids is 1. The van der Waals surface area contributed by atoms with Crippen molar-refractivity contribution in [3.05, 3.63) is 29.8 Å². The van der Waals surface area contributed by atoms with E-state index in [9.17, 15) is 4.79 Å². The third-order valence-corrected chi connectivity index (χ3v) is 3.20. The summed E-state index contributed by atoms with van der Waals surface area (Å²) in [7, 11) is 0. The molecule has 0 aromatic heterocycles. The lowest BCUT2D eigenvalue weighted by atomic mass is 10.0. The van der Waals surface area contributed by atoms with Crippen LogP contribution in [0.2, 0.25) is 0 Å². The van der Waals surface area contributed by atoms with Gasteiger partial charge in [-0.15, -0.1) is 0 Å². The van der Waals surface area contributed by atoms with Gasteiger partial charge in [-0.3, -0.25) is 4.79 Å². The van der Waals surface area contributed by atoms with Gasteiger partial charge in [0.25, 0.3) is 0 Å². The zero-order chi connectivity index (χ0) is 12.8. The summed E-state index contributed by atoms with van der Waals surface area (Å²) in [6.07, 6.45) is 2.67. The van der Waals surface area contributed by atoms with Crippen LogP contribution in [0.4, 0.5) is 0 Å². The first-order chi connectivity index (χ1) is 8.74. The van der Waals surface area contributed by atoms with Crippen molar-refractivity contribution < 1.29 is 14.3 Å². The van der Waals surface area contributed by atoms with E-state index >= 15 is 0 Å². The van der Waals surface area contributed by atoms with E-state index in [0.29, 0.717) is 12.3 Å².